The number of rotatable bonds is 5. The summed E-state index contributed by atoms with van der Waals surface area (Å²) in [5.41, 5.74) is 0.437. The first-order chi connectivity index (χ1) is 9.18. The number of aliphatic carboxylic acids is 1. The van der Waals surface area contributed by atoms with Crippen molar-refractivity contribution in [3.05, 3.63) is 29.8 Å². The Morgan fingerprint density at radius 1 is 1.20 bits per heavy atom. The number of carbonyl (C=O) groups excluding carboxylic acids is 1. The molecule has 0 saturated carbocycles. The van der Waals surface area contributed by atoms with Gasteiger partial charge in [-0.1, -0.05) is 32.9 Å². The van der Waals surface area contributed by atoms with Gasteiger partial charge in [-0.15, -0.1) is 0 Å². The SMILES string of the molecule is CC(C)(C)C(CC(=O)O)NC(=O)Cc1ccc(O)cc1. The second-order valence-corrected chi connectivity index (χ2v) is 5.93. The van der Waals surface area contributed by atoms with Crippen molar-refractivity contribution < 1.29 is 19.8 Å². The molecule has 0 saturated heterocycles. The van der Waals surface area contributed by atoms with E-state index in [9.17, 15) is 14.7 Å². The summed E-state index contributed by atoms with van der Waals surface area (Å²) in [4.78, 5) is 22.8. The predicted octanol–water partition coefficient (Wildman–Crippen LogP) is 1.94. The second kappa shape index (κ2) is 6.41. The Bertz CT molecular complexity index is 474. The molecule has 0 aliphatic heterocycles. The van der Waals surface area contributed by atoms with Gasteiger partial charge < -0.3 is 15.5 Å². The number of nitrogens with one attached hydrogen (secondary N) is 1. The third-order valence-corrected chi connectivity index (χ3v) is 3.06. The van der Waals surface area contributed by atoms with Crippen LogP contribution < -0.4 is 5.32 Å². The van der Waals surface area contributed by atoms with Crippen molar-refractivity contribution in [2.75, 3.05) is 0 Å². The van der Waals surface area contributed by atoms with Crippen LogP contribution in [0.3, 0.4) is 0 Å². The number of carbonyl (C=O) groups is 2. The van der Waals surface area contributed by atoms with Crippen molar-refractivity contribution in [2.45, 2.75) is 39.7 Å². The Labute approximate surface area is 118 Å². The number of phenols is 1. The van der Waals surface area contributed by atoms with Crippen LogP contribution in [-0.4, -0.2) is 28.1 Å². The lowest BCUT2D eigenvalue weighted by Crippen LogP contribution is -2.45. The Kier molecular flexibility index (Phi) is 5.13. The average molecular weight is 279 g/mol. The average Bonchev–Trinajstić information content (AvgIpc) is 2.29. The summed E-state index contributed by atoms with van der Waals surface area (Å²) < 4.78 is 0. The smallest absolute Gasteiger partial charge is 0.305 e. The van der Waals surface area contributed by atoms with Crippen molar-refractivity contribution in [3.8, 4) is 5.75 Å². The molecule has 5 heteroatoms. The number of phenolic OH excluding ortho intramolecular Hbond substituents is 1. The minimum atomic E-state index is -0.935. The molecule has 1 aromatic carbocycles. The maximum absolute atomic E-state index is 12.0. The van der Waals surface area contributed by atoms with Gasteiger partial charge in [0.1, 0.15) is 5.75 Å². The van der Waals surface area contributed by atoms with E-state index in [2.05, 4.69) is 5.32 Å². The quantitative estimate of drug-likeness (QED) is 0.768. The zero-order valence-electron chi connectivity index (χ0n) is 12.0. The molecule has 1 aromatic rings. The molecular weight excluding hydrogens is 258 g/mol. The van der Waals surface area contributed by atoms with E-state index in [1.54, 1.807) is 12.1 Å². The summed E-state index contributed by atoms with van der Waals surface area (Å²) in [5, 5.41) is 20.8. The van der Waals surface area contributed by atoms with E-state index < -0.39 is 12.0 Å². The Morgan fingerprint density at radius 3 is 2.20 bits per heavy atom. The van der Waals surface area contributed by atoms with Gasteiger partial charge in [0.05, 0.1) is 12.8 Å². The van der Waals surface area contributed by atoms with Gasteiger partial charge in [0, 0.05) is 6.04 Å². The molecule has 1 atom stereocenters. The van der Waals surface area contributed by atoms with E-state index >= 15 is 0 Å². The highest BCUT2D eigenvalue weighted by atomic mass is 16.4. The van der Waals surface area contributed by atoms with E-state index in [-0.39, 0.29) is 29.9 Å². The summed E-state index contributed by atoms with van der Waals surface area (Å²) in [6.45, 7) is 5.67. The van der Waals surface area contributed by atoms with Crippen molar-refractivity contribution in [2.24, 2.45) is 5.41 Å². The molecule has 5 nitrogen and oxygen atoms in total. The molecule has 20 heavy (non-hydrogen) atoms. The number of aromatic hydroxyl groups is 1. The summed E-state index contributed by atoms with van der Waals surface area (Å²) in [6.07, 6.45) is 0.0529. The fourth-order valence-electron chi connectivity index (χ4n) is 1.79. The number of benzene rings is 1. The highest BCUT2D eigenvalue weighted by Gasteiger charge is 2.28. The van der Waals surface area contributed by atoms with Crippen molar-refractivity contribution in [3.63, 3.8) is 0 Å². The highest BCUT2D eigenvalue weighted by molar-refractivity contribution is 5.79. The fourth-order valence-corrected chi connectivity index (χ4v) is 1.79. The topological polar surface area (TPSA) is 86.6 Å². The van der Waals surface area contributed by atoms with Gasteiger partial charge in [-0.25, -0.2) is 0 Å². The molecule has 0 bridgehead atoms. The molecule has 3 N–H and O–H groups in total. The lowest BCUT2D eigenvalue weighted by Gasteiger charge is -2.30. The van der Waals surface area contributed by atoms with E-state index in [0.29, 0.717) is 0 Å². The number of hydrogen-bond acceptors (Lipinski definition) is 3. The van der Waals surface area contributed by atoms with Crippen LogP contribution in [0.25, 0.3) is 0 Å². The zero-order valence-corrected chi connectivity index (χ0v) is 12.0. The maximum atomic E-state index is 12.0. The van der Waals surface area contributed by atoms with Crippen LogP contribution in [-0.2, 0) is 16.0 Å². The van der Waals surface area contributed by atoms with Crippen LogP contribution in [0.5, 0.6) is 5.75 Å². The van der Waals surface area contributed by atoms with Crippen molar-refractivity contribution in [1.82, 2.24) is 5.32 Å². The van der Waals surface area contributed by atoms with Crippen LogP contribution in [0, 0.1) is 5.41 Å². The molecule has 1 rings (SSSR count). The van der Waals surface area contributed by atoms with E-state index in [1.165, 1.54) is 12.1 Å². The van der Waals surface area contributed by atoms with Gasteiger partial charge in [0.25, 0.3) is 0 Å². The van der Waals surface area contributed by atoms with Gasteiger partial charge in [-0.3, -0.25) is 9.59 Å². The van der Waals surface area contributed by atoms with Crippen LogP contribution in [0.2, 0.25) is 0 Å². The molecule has 1 unspecified atom stereocenters. The lowest BCUT2D eigenvalue weighted by atomic mass is 9.84. The van der Waals surface area contributed by atoms with Crippen molar-refractivity contribution >= 4 is 11.9 Å². The molecule has 0 fully saturated rings. The molecule has 0 aromatic heterocycles. The summed E-state index contributed by atoms with van der Waals surface area (Å²) in [7, 11) is 0. The molecule has 0 heterocycles. The van der Waals surface area contributed by atoms with Gasteiger partial charge in [-0.05, 0) is 23.1 Å². The molecule has 0 radical (unpaired) electrons. The number of carboxylic acids is 1. The Balaban J connectivity index is 2.66. The minimum absolute atomic E-state index is 0.106. The first-order valence-electron chi connectivity index (χ1n) is 6.47. The third-order valence-electron chi connectivity index (χ3n) is 3.06. The molecule has 0 aliphatic carbocycles. The first-order valence-corrected chi connectivity index (χ1v) is 6.47. The zero-order chi connectivity index (χ0) is 15.3. The highest BCUT2D eigenvalue weighted by Crippen LogP contribution is 2.22. The predicted molar refractivity (Wildman–Crippen MR) is 75.4 cm³/mol. The second-order valence-electron chi connectivity index (χ2n) is 5.93. The fraction of sp³-hybridized carbons (Fsp3) is 0.467. The summed E-state index contributed by atoms with van der Waals surface area (Å²) in [6, 6.07) is 5.93. The maximum Gasteiger partial charge on any atom is 0.305 e. The Morgan fingerprint density at radius 2 is 1.75 bits per heavy atom. The van der Waals surface area contributed by atoms with Gasteiger partial charge >= 0.3 is 5.97 Å². The van der Waals surface area contributed by atoms with E-state index in [0.717, 1.165) is 5.56 Å². The van der Waals surface area contributed by atoms with E-state index in [1.807, 2.05) is 20.8 Å². The molecular formula is C15H21NO4. The number of carboxylic acid groups (broad SMARTS) is 1. The van der Waals surface area contributed by atoms with Crippen LogP contribution >= 0.6 is 0 Å². The lowest BCUT2D eigenvalue weighted by molar-refractivity contribution is -0.138. The minimum Gasteiger partial charge on any atom is -0.508 e. The van der Waals surface area contributed by atoms with E-state index in [4.69, 9.17) is 5.11 Å². The van der Waals surface area contributed by atoms with Crippen LogP contribution in [0.1, 0.15) is 32.8 Å². The molecule has 110 valence electrons. The van der Waals surface area contributed by atoms with Gasteiger partial charge in [0.15, 0.2) is 0 Å². The third kappa shape index (κ3) is 5.30. The normalized spacial score (nSPS) is 12.8. The molecule has 0 aliphatic rings. The van der Waals surface area contributed by atoms with Crippen LogP contribution in [0.4, 0.5) is 0 Å². The Hall–Kier alpha value is -2.04. The largest absolute Gasteiger partial charge is 0.508 e. The summed E-state index contributed by atoms with van der Waals surface area (Å²) >= 11 is 0. The van der Waals surface area contributed by atoms with Gasteiger partial charge in [-0.2, -0.15) is 0 Å². The monoisotopic (exact) mass is 279 g/mol. The number of hydrogen-bond donors (Lipinski definition) is 3. The first kappa shape index (κ1) is 16.0. The van der Waals surface area contributed by atoms with Crippen molar-refractivity contribution in [1.29, 1.82) is 0 Å². The molecule has 1 amide bonds. The molecule has 0 spiro atoms. The summed E-state index contributed by atoms with van der Waals surface area (Å²) in [5.74, 6) is -1.01. The van der Waals surface area contributed by atoms with Crippen LogP contribution in [0.15, 0.2) is 24.3 Å². The number of amides is 1. The van der Waals surface area contributed by atoms with Gasteiger partial charge in [0.2, 0.25) is 5.91 Å². The standard InChI is InChI=1S/C15H21NO4/c1-15(2,3)12(9-14(19)20)16-13(18)8-10-4-6-11(17)7-5-10/h4-7,12,17H,8-9H2,1-3H3,(H,16,18)(H,19,20).